The van der Waals surface area contributed by atoms with Crippen LogP contribution >= 0.6 is 0 Å². The number of aliphatic hydroxyl groups excluding tert-OH is 1. The maximum atomic E-state index is 13.5. The van der Waals surface area contributed by atoms with Gasteiger partial charge in [-0.25, -0.2) is 4.39 Å². The highest BCUT2D eigenvalue weighted by Crippen LogP contribution is 2.25. The number of halogens is 1. The molecule has 3 atom stereocenters. The third-order valence-electron chi connectivity index (χ3n) is 2.94. The van der Waals surface area contributed by atoms with Crippen LogP contribution in [0, 0.1) is 11.7 Å². The van der Waals surface area contributed by atoms with Gasteiger partial charge in [0, 0.05) is 11.6 Å². The van der Waals surface area contributed by atoms with E-state index in [4.69, 9.17) is 10.8 Å². The van der Waals surface area contributed by atoms with Gasteiger partial charge in [0.05, 0.1) is 12.1 Å². The number of hydrogen-bond donors (Lipinski definition) is 3. The van der Waals surface area contributed by atoms with E-state index >= 15 is 0 Å². The fraction of sp³-hybridized carbons (Fsp3) is 0.500. The number of benzene rings is 1. The molecule has 0 aromatic heterocycles. The maximum absolute atomic E-state index is 13.5. The largest absolute Gasteiger partial charge is 0.508 e. The van der Waals surface area contributed by atoms with Gasteiger partial charge in [0.15, 0.2) is 0 Å². The molecule has 4 N–H and O–H groups in total. The molecule has 1 unspecified atom stereocenters. The van der Waals surface area contributed by atoms with Gasteiger partial charge in [-0.1, -0.05) is 26.3 Å². The SMILES string of the molecule is CCC(C)[C@@H](O)[C@@H](N)c1ccc(O)cc1F. The van der Waals surface area contributed by atoms with Crippen molar-refractivity contribution in [2.45, 2.75) is 32.4 Å². The topological polar surface area (TPSA) is 66.5 Å². The Kier molecular flexibility index (Phi) is 4.26. The summed E-state index contributed by atoms with van der Waals surface area (Å²) in [7, 11) is 0. The fourth-order valence-corrected chi connectivity index (χ4v) is 1.57. The van der Waals surface area contributed by atoms with E-state index in [1.54, 1.807) is 0 Å². The second-order valence-electron chi connectivity index (χ2n) is 4.11. The average molecular weight is 227 g/mol. The first-order chi connectivity index (χ1) is 7.47. The number of aromatic hydroxyl groups is 1. The molecular formula is C12H18FNO2. The van der Waals surface area contributed by atoms with E-state index < -0.39 is 18.0 Å². The lowest BCUT2D eigenvalue weighted by molar-refractivity contribution is 0.0867. The standard InChI is InChI=1S/C12H18FNO2/c1-3-7(2)12(16)11(14)9-5-4-8(15)6-10(9)13/h4-7,11-12,15-16H,3,14H2,1-2H3/t7?,11-,12+/m0/s1. The monoisotopic (exact) mass is 227 g/mol. The van der Waals surface area contributed by atoms with Crippen LogP contribution in [-0.4, -0.2) is 16.3 Å². The highest BCUT2D eigenvalue weighted by Gasteiger charge is 2.24. The van der Waals surface area contributed by atoms with Crippen LogP contribution in [0.15, 0.2) is 18.2 Å². The predicted molar refractivity (Wildman–Crippen MR) is 60.5 cm³/mol. The van der Waals surface area contributed by atoms with Crippen molar-refractivity contribution in [3.8, 4) is 5.75 Å². The molecule has 0 bridgehead atoms. The van der Waals surface area contributed by atoms with Crippen molar-refractivity contribution < 1.29 is 14.6 Å². The quantitative estimate of drug-likeness (QED) is 0.736. The summed E-state index contributed by atoms with van der Waals surface area (Å²) in [4.78, 5) is 0. The zero-order valence-electron chi connectivity index (χ0n) is 9.52. The van der Waals surface area contributed by atoms with Gasteiger partial charge in [0.2, 0.25) is 0 Å². The highest BCUT2D eigenvalue weighted by molar-refractivity contribution is 5.30. The molecule has 0 fully saturated rings. The van der Waals surface area contributed by atoms with Gasteiger partial charge in [-0.05, 0) is 12.0 Å². The second-order valence-corrected chi connectivity index (χ2v) is 4.11. The minimum Gasteiger partial charge on any atom is -0.508 e. The molecule has 0 saturated heterocycles. The lowest BCUT2D eigenvalue weighted by Gasteiger charge is -2.24. The van der Waals surface area contributed by atoms with Gasteiger partial charge < -0.3 is 15.9 Å². The van der Waals surface area contributed by atoms with Gasteiger partial charge in [-0.3, -0.25) is 0 Å². The molecule has 0 heterocycles. The Hall–Kier alpha value is -1.13. The molecule has 4 heteroatoms. The minimum absolute atomic E-state index is 0.00297. The summed E-state index contributed by atoms with van der Waals surface area (Å²) in [5, 5.41) is 18.9. The molecule has 0 saturated carbocycles. The summed E-state index contributed by atoms with van der Waals surface area (Å²) in [6.07, 6.45) is -0.0155. The van der Waals surface area contributed by atoms with E-state index in [9.17, 15) is 9.50 Å². The Balaban J connectivity index is 2.91. The Morgan fingerprint density at radius 3 is 2.56 bits per heavy atom. The average Bonchev–Trinajstić information content (AvgIpc) is 2.26. The van der Waals surface area contributed by atoms with E-state index in [-0.39, 0.29) is 17.2 Å². The summed E-state index contributed by atoms with van der Waals surface area (Å²) < 4.78 is 13.5. The van der Waals surface area contributed by atoms with Gasteiger partial charge in [-0.15, -0.1) is 0 Å². The fourth-order valence-electron chi connectivity index (χ4n) is 1.57. The van der Waals surface area contributed by atoms with Crippen LogP contribution < -0.4 is 5.73 Å². The van der Waals surface area contributed by atoms with E-state index in [1.165, 1.54) is 12.1 Å². The first kappa shape index (κ1) is 12.9. The molecular weight excluding hydrogens is 209 g/mol. The molecule has 0 amide bonds. The van der Waals surface area contributed by atoms with Crippen molar-refractivity contribution in [2.75, 3.05) is 0 Å². The first-order valence-corrected chi connectivity index (χ1v) is 5.39. The zero-order valence-corrected chi connectivity index (χ0v) is 9.52. The van der Waals surface area contributed by atoms with Crippen LogP contribution in [0.4, 0.5) is 4.39 Å². The van der Waals surface area contributed by atoms with Crippen molar-refractivity contribution in [1.29, 1.82) is 0 Å². The van der Waals surface area contributed by atoms with Gasteiger partial charge in [0.25, 0.3) is 0 Å². The number of rotatable bonds is 4. The molecule has 0 aliphatic heterocycles. The molecule has 90 valence electrons. The zero-order chi connectivity index (χ0) is 12.3. The number of phenolic OH excluding ortho intramolecular Hbond substituents is 1. The number of aliphatic hydroxyl groups is 1. The normalized spacial score (nSPS) is 16.8. The van der Waals surface area contributed by atoms with E-state index in [1.807, 2.05) is 13.8 Å². The van der Waals surface area contributed by atoms with Crippen LogP contribution in [0.3, 0.4) is 0 Å². The van der Waals surface area contributed by atoms with Crippen LogP contribution in [0.5, 0.6) is 5.75 Å². The minimum atomic E-state index is -0.788. The summed E-state index contributed by atoms with van der Waals surface area (Å²) in [5.74, 6) is -0.732. The number of nitrogens with two attached hydrogens (primary N) is 1. The van der Waals surface area contributed by atoms with Gasteiger partial charge >= 0.3 is 0 Å². The molecule has 0 aliphatic carbocycles. The molecule has 0 spiro atoms. The molecule has 16 heavy (non-hydrogen) atoms. The van der Waals surface area contributed by atoms with E-state index in [2.05, 4.69) is 0 Å². The molecule has 1 aromatic rings. The molecule has 1 rings (SSSR count). The molecule has 0 aliphatic rings. The summed E-state index contributed by atoms with van der Waals surface area (Å²) in [6.45, 7) is 3.80. The van der Waals surface area contributed by atoms with E-state index in [0.717, 1.165) is 12.5 Å². The molecule has 0 radical (unpaired) electrons. The predicted octanol–water partition coefficient (Wildman–Crippen LogP) is 1.94. The second kappa shape index (κ2) is 5.27. The van der Waals surface area contributed by atoms with Crippen molar-refractivity contribution >= 4 is 0 Å². The van der Waals surface area contributed by atoms with E-state index in [0.29, 0.717) is 0 Å². The van der Waals surface area contributed by atoms with Crippen LogP contribution in [0.25, 0.3) is 0 Å². The highest BCUT2D eigenvalue weighted by atomic mass is 19.1. The summed E-state index contributed by atoms with van der Waals surface area (Å²) >= 11 is 0. The first-order valence-electron chi connectivity index (χ1n) is 5.39. The lowest BCUT2D eigenvalue weighted by atomic mass is 9.91. The lowest BCUT2D eigenvalue weighted by Crippen LogP contribution is -2.32. The number of hydrogen-bond acceptors (Lipinski definition) is 3. The van der Waals surface area contributed by atoms with Crippen LogP contribution in [0.2, 0.25) is 0 Å². The smallest absolute Gasteiger partial charge is 0.131 e. The third kappa shape index (κ3) is 2.71. The molecule has 3 nitrogen and oxygen atoms in total. The van der Waals surface area contributed by atoms with Crippen molar-refractivity contribution in [2.24, 2.45) is 11.7 Å². The van der Waals surface area contributed by atoms with Gasteiger partial charge in [0.1, 0.15) is 11.6 Å². The van der Waals surface area contributed by atoms with Crippen molar-refractivity contribution in [3.63, 3.8) is 0 Å². The van der Waals surface area contributed by atoms with Gasteiger partial charge in [-0.2, -0.15) is 0 Å². The summed E-state index contributed by atoms with van der Waals surface area (Å²) in [6, 6.07) is 3.00. The van der Waals surface area contributed by atoms with Crippen molar-refractivity contribution in [3.05, 3.63) is 29.6 Å². The Morgan fingerprint density at radius 2 is 2.06 bits per heavy atom. The van der Waals surface area contributed by atoms with Crippen LogP contribution in [-0.2, 0) is 0 Å². The Labute approximate surface area is 94.7 Å². The van der Waals surface area contributed by atoms with Crippen molar-refractivity contribution in [1.82, 2.24) is 0 Å². The Morgan fingerprint density at radius 1 is 1.44 bits per heavy atom. The Bertz CT molecular complexity index is 357. The maximum Gasteiger partial charge on any atom is 0.131 e. The summed E-state index contributed by atoms with van der Waals surface area (Å²) in [5.41, 5.74) is 6.02. The molecule has 1 aromatic carbocycles. The third-order valence-corrected chi connectivity index (χ3v) is 2.94. The van der Waals surface area contributed by atoms with Crippen LogP contribution in [0.1, 0.15) is 31.9 Å². The number of phenols is 1.